The van der Waals surface area contributed by atoms with Crippen LogP contribution in [-0.2, 0) is 22.5 Å². The van der Waals surface area contributed by atoms with Gasteiger partial charge in [-0.1, -0.05) is 41.1 Å². The molecule has 2 N–H and O–H groups in total. The number of aromatic nitrogens is 3. The molecule has 7 nitrogen and oxygen atoms in total. The fourth-order valence-corrected chi connectivity index (χ4v) is 4.61. The number of alkyl halides is 1. The average Bonchev–Trinajstić information content (AvgIpc) is 3.37. The van der Waals surface area contributed by atoms with Crippen molar-refractivity contribution in [2.45, 2.75) is 38.5 Å². The Hall–Kier alpha value is -2.88. The lowest BCUT2D eigenvalue weighted by atomic mass is 9.92. The smallest absolute Gasteiger partial charge is 0.310 e. The quantitative estimate of drug-likeness (QED) is 0.351. The Kier molecular flexibility index (Phi) is 9.01. The number of halogens is 3. The van der Waals surface area contributed by atoms with Crippen molar-refractivity contribution in [3.8, 4) is 11.1 Å². The van der Waals surface area contributed by atoms with Crippen LogP contribution in [0.15, 0.2) is 48.7 Å². The molecule has 0 saturated carbocycles. The molecule has 2 atom stereocenters. The molecular weight excluding hydrogens is 488 g/mol. The maximum Gasteiger partial charge on any atom is 0.310 e. The van der Waals surface area contributed by atoms with Crippen LogP contribution < -0.4 is 5.32 Å². The maximum atomic E-state index is 14.3. The summed E-state index contributed by atoms with van der Waals surface area (Å²) in [7, 11) is 0. The second-order valence-electron chi connectivity index (χ2n) is 9.09. The zero-order chi connectivity index (χ0) is 25.5. The number of benzene rings is 2. The van der Waals surface area contributed by atoms with E-state index in [1.807, 2.05) is 29.2 Å². The van der Waals surface area contributed by atoms with Crippen LogP contribution in [0.5, 0.6) is 0 Å². The zero-order valence-corrected chi connectivity index (χ0v) is 20.8. The molecule has 1 aromatic heterocycles. The number of hydrogen-bond acceptors (Lipinski definition) is 6. The van der Waals surface area contributed by atoms with Gasteiger partial charge in [-0.2, -0.15) is 0 Å². The topological polar surface area (TPSA) is 83.1 Å². The highest BCUT2D eigenvalue weighted by Crippen LogP contribution is 2.27. The van der Waals surface area contributed by atoms with Gasteiger partial charge in [0.05, 0.1) is 24.4 Å². The first kappa shape index (κ1) is 26.2. The molecule has 1 fully saturated rings. The summed E-state index contributed by atoms with van der Waals surface area (Å²) in [5.74, 6) is -1.00. The van der Waals surface area contributed by atoms with Crippen LogP contribution >= 0.6 is 11.6 Å². The number of carbonyl (C=O) groups is 1. The summed E-state index contributed by atoms with van der Waals surface area (Å²) < 4.78 is 33.0. The summed E-state index contributed by atoms with van der Waals surface area (Å²) in [6.07, 6.45) is 1.94. The van der Waals surface area contributed by atoms with E-state index < -0.39 is 12.1 Å². The summed E-state index contributed by atoms with van der Waals surface area (Å²) in [6.45, 7) is 3.71. The molecule has 0 unspecified atom stereocenters. The van der Waals surface area contributed by atoms with Crippen LogP contribution in [0.25, 0.3) is 11.1 Å². The molecule has 4 rings (SSSR count). The molecule has 0 bridgehead atoms. The maximum absolute atomic E-state index is 14.3. The summed E-state index contributed by atoms with van der Waals surface area (Å²) in [5, 5.41) is 14.3. The number of rotatable bonds is 12. The Morgan fingerprint density at radius 1 is 1.28 bits per heavy atom. The first-order valence-corrected chi connectivity index (χ1v) is 12.4. The van der Waals surface area contributed by atoms with Crippen molar-refractivity contribution in [1.82, 2.24) is 25.6 Å². The van der Waals surface area contributed by atoms with Crippen LogP contribution in [0.1, 0.15) is 24.6 Å². The van der Waals surface area contributed by atoms with Crippen molar-refractivity contribution in [2.75, 3.05) is 26.2 Å². The third-order valence-electron chi connectivity index (χ3n) is 6.30. The third-order valence-corrected chi connectivity index (χ3v) is 6.54. The monoisotopic (exact) mass is 517 g/mol. The Morgan fingerprint density at radius 3 is 2.72 bits per heavy atom. The highest BCUT2D eigenvalue weighted by atomic mass is 35.5. The second kappa shape index (κ2) is 12.4. The minimum absolute atomic E-state index is 0.0843. The van der Waals surface area contributed by atoms with E-state index in [2.05, 4.69) is 20.7 Å². The molecule has 2 heterocycles. The van der Waals surface area contributed by atoms with Crippen molar-refractivity contribution in [3.05, 3.63) is 70.8 Å². The first-order chi connectivity index (χ1) is 17.4. The van der Waals surface area contributed by atoms with E-state index in [0.717, 1.165) is 16.8 Å². The Labute approximate surface area is 214 Å². The van der Waals surface area contributed by atoms with E-state index >= 15 is 0 Å². The van der Waals surface area contributed by atoms with Gasteiger partial charge in [0.2, 0.25) is 0 Å². The minimum Gasteiger partial charge on any atom is -0.466 e. The fraction of sp³-hybridized carbons (Fsp3) is 0.423. The van der Waals surface area contributed by atoms with E-state index in [9.17, 15) is 13.6 Å². The molecule has 0 spiro atoms. The predicted octanol–water partition coefficient (Wildman–Crippen LogP) is 4.19. The van der Waals surface area contributed by atoms with Gasteiger partial charge in [0.25, 0.3) is 0 Å². The molecule has 0 radical (unpaired) electrons. The fourth-order valence-electron chi connectivity index (χ4n) is 4.44. The van der Waals surface area contributed by atoms with Gasteiger partial charge in [-0.05, 0) is 49.1 Å². The van der Waals surface area contributed by atoms with Crippen molar-refractivity contribution in [2.24, 2.45) is 5.92 Å². The minimum atomic E-state index is -0.836. The van der Waals surface area contributed by atoms with E-state index in [1.165, 1.54) is 12.1 Å². The van der Waals surface area contributed by atoms with E-state index in [0.29, 0.717) is 56.2 Å². The third kappa shape index (κ3) is 7.09. The first-order valence-electron chi connectivity index (χ1n) is 12.1. The van der Waals surface area contributed by atoms with Crippen LogP contribution in [-0.4, -0.2) is 64.7 Å². The number of likely N-dealkylation sites (tertiary alicyclic amines) is 1. The Morgan fingerprint density at radius 2 is 2.06 bits per heavy atom. The number of carbonyl (C=O) groups excluding carboxylic acids is 1. The van der Waals surface area contributed by atoms with Crippen molar-refractivity contribution < 1.29 is 18.3 Å². The van der Waals surface area contributed by atoms with Gasteiger partial charge >= 0.3 is 5.97 Å². The zero-order valence-electron chi connectivity index (χ0n) is 20.1. The number of H-pyrrole nitrogens is 1. The summed E-state index contributed by atoms with van der Waals surface area (Å²) in [5.41, 5.74) is 3.02. The molecule has 1 saturated heterocycles. The summed E-state index contributed by atoms with van der Waals surface area (Å²) in [6, 6.07) is 12.0. The van der Waals surface area contributed by atoms with Crippen LogP contribution in [0.4, 0.5) is 8.78 Å². The summed E-state index contributed by atoms with van der Waals surface area (Å²) >= 11 is 6.05. The standard InChI is InChI=1S/C26H30ClF2N5O2/c1-2-36-26(35)19(14-34-15-21(28)16-34)10-22(30-12-23-13-31-33-32-23)9-17-3-5-18(6-4-17)24-11-20(27)7-8-25(24)29/h3-8,11,13,19,21-22,30H,2,9-10,12,14-16H2,1H3,(H,31,32,33)/t19-,22+/m0/s1. The van der Waals surface area contributed by atoms with Crippen molar-refractivity contribution in [1.29, 1.82) is 0 Å². The van der Waals surface area contributed by atoms with Crippen molar-refractivity contribution >= 4 is 17.6 Å². The van der Waals surface area contributed by atoms with Crippen LogP contribution in [0.2, 0.25) is 5.02 Å². The van der Waals surface area contributed by atoms with Gasteiger partial charge in [-0.25, -0.2) is 8.78 Å². The molecule has 1 aliphatic rings. The van der Waals surface area contributed by atoms with Crippen LogP contribution in [0, 0.1) is 11.7 Å². The molecule has 10 heteroatoms. The van der Waals surface area contributed by atoms with Gasteiger partial charge in [0.15, 0.2) is 0 Å². The number of esters is 1. The molecule has 36 heavy (non-hydrogen) atoms. The summed E-state index contributed by atoms with van der Waals surface area (Å²) in [4.78, 5) is 14.7. The Balaban J connectivity index is 1.48. The number of aromatic amines is 1. The highest BCUT2D eigenvalue weighted by molar-refractivity contribution is 6.30. The van der Waals surface area contributed by atoms with E-state index in [4.69, 9.17) is 16.3 Å². The second-order valence-corrected chi connectivity index (χ2v) is 9.52. The molecule has 0 aliphatic carbocycles. The molecule has 3 aromatic rings. The molecular formula is C26H30ClF2N5O2. The molecule has 1 aliphatic heterocycles. The lowest BCUT2D eigenvalue weighted by Crippen LogP contribution is -2.52. The van der Waals surface area contributed by atoms with E-state index in [-0.39, 0.29) is 17.8 Å². The molecule has 192 valence electrons. The average molecular weight is 518 g/mol. The number of nitrogens with one attached hydrogen (secondary N) is 2. The van der Waals surface area contributed by atoms with Gasteiger partial charge in [0.1, 0.15) is 12.0 Å². The molecule has 0 amide bonds. The Bertz CT molecular complexity index is 1120. The van der Waals surface area contributed by atoms with Gasteiger partial charge in [0, 0.05) is 42.8 Å². The van der Waals surface area contributed by atoms with Gasteiger partial charge in [-0.3, -0.25) is 14.8 Å². The number of hydrogen-bond donors (Lipinski definition) is 2. The van der Waals surface area contributed by atoms with Gasteiger partial charge < -0.3 is 10.1 Å². The lowest BCUT2D eigenvalue weighted by molar-refractivity contribution is -0.150. The SMILES string of the molecule is CCOC(=O)[C@@H](C[C@@H](Cc1ccc(-c2cc(Cl)ccc2F)cc1)NCc1cnn[nH]1)CN1CC(F)C1. The van der Waals surface area contributed by atoms with Crippen molar-refractivity contribution in [3.63, 3.8) is 0 Å². The normalized spacial score (nSPS) is 15.9. The number of ether oxygens (including phenoxy) is 1. The highest BCUT2D eigenvalue weighted by Gasteiger charge is 2.32. The predicted molar refractivity (Wildman–Crippen MR) is 134 cm³/mol. The van der Waals surface area contributed by atoms with Crippen LogP contribution in [0.3, 0.4) is 0 Å². The number of nitrogens with zero attached hydrogens (tertiary/aromatic N) is 3. The lowest BCUT2D eigenvalue weighted by Gasteiger charge is -2.37. The van der Waals surface area contributed by atoms with Gasteiger partial charge in [-0.15, -0.1) is 5.10 Å². The largest absolute Gasteiger partial charge is 0.466 e. The molecule has 2 aromatic carbocycles. The van der Waals surface area contributed by atoms with E-state index in [1.54, 1.807) is 19.2 Å².